The normalized spacial score (nSPS) is 19.8. The van der Waals surface area contributed by atoms with Crippen LogP contribution in [-0.2, 0) is 27.5 Å². The maximum absolute atomic E-state index is 14.2. The van der Waals surface area contributed by atoms with Gasteiger partial charge >= 0.3 is 12.0 Å². The van der Waals surface area contributed by atoms with Crippen molar-refractivity contribution in [3.05, 3.63) is 102 Å². The lowest BCUT2D eigenvalue weighted by Gasteiger charge is -2.54. The van der Waals surface area contributed by atoms with Crippen molar-refractivity contribution in [2.75, 3.05) is 26.2 Å². The second kappa shape index (κ2) is 15.6. The van der Waals surface area contributed by atoms with Crippen LogP contribution in [0, 0.1) is 5.41 Å². The Balaban J connectivity index is 1.36. The second-order valence-corrected chi connectivity index (χ2v) is 12.5. The van der Waals surface area contributed by atoms with Gasteiger partial charge in [-0.05, 0) is 43.4 Å². The molecule has 9 heteroatoms. The quantitative estimate of drug-likeness (QED) is 0.177. The van der Waals surface area contributed by atoms with Crippen LogP contribution in [0.25, 0.3) is 0 Å². The number of rotatable bonds is 13. The first kappa shape index (κ1) is 34.1. The second-order valence-electron chi connectivity index (χ2n) is 12.5. The van der Waals surface area contributed by atoms with E-state index in [1.165, 1.54) is 4.90 Å². The van der Waals surface area contributed by atoms with E-state index in [4.69, 9.17) is 9.47 Å². The number of para-hydroxylation sites is 1. The molecule has 2 aliphatic rings. The summed E-state index contributed by atoms with van der Waals surface area (Å²) in [6.45, 7) is 11.1. The Morgan fingerprint density at radius 2 is 1.62 bits per heavy atom. The van der Waals surface area contributed by atoms with Gasteiger partial charge in [-0.1, -0.05) is 99.6 Å². The summed E-state index contributed by atoms with van der Waals surface area (Å²) in [6.07, 6.45) is 1.10. The number of benzene rings is 3. The first-order valence-corrected chi connectivity index (χ1v) is 16.9. The summed E-state index contributed by atoms with van der Waals surface area (Å²) in [4.78, 5) is 46.6. The number of β-lactam (4-membered cyclic amide) rings is 1. The third kappa shape index (κ3) is 7.21. The molecular formula is C38H48N4O5. The third-order valence-electron chi connectivity index (χ3n) is 9.71. The molecule has 0 aliphatic carbocycles. The largest absolute Gasteiger partial charge is 0.468 e. The monoisotopic (exact) mass is 640 g/mol. The standard InChI is InChI=1S/C38H48N4O5/c1-5-23-41(28(4)30-18-12-9-13-19-30)37(45)42-35(44)38(6-2,7-3)36(42)47-33-21-15-14-20-31(33)26-40-24-22-39-25-32(40)34(43)46-27-29-16-10-8-11-17-29/h8-21,28,32,36,39H,5-7,22-27H2,1-4H3/t28-,32?,36+/m1/s1. The molecular weight excluding hydrogens is 592 g/mol. The fraction of sp³-hybridized carbons (Fsp3) is 0.447. The van der Waals surface area contributed by atoms with Crippen LogP contribution < -0.4 is 10.1 Å². The number of urea groups is 1. The molecule has 2 heterocycles. The Bertz CT molecular complexity index is 1500. The molecule has 0 spiro atoms. The number of nitrogens with one attached hydrogen (secondary N) is 1. The molecule has 250 valence electrons. The van der Waals surface area contributed by atoms with E-state index in [0.29, 0.717) is 44.8 Å². The maximum Gasteiger partial charge on any atom is 0.330 e. The molecule has 1 N–H and O–H groups in total. The van der Waals surface area contributed by atoms with E-state index in [2.05, 4.69) is 10.2 Å². The van der Waals surface area contributed by atoms with Crippen LogP contribution in [0.2, 0.25) is 0 Å². The fourth-order valence-corrected chi connectivity index (χ4v) is 6.71. The first-order chi connectivity index (χ1) is 22.8. The first-order valence-electron chi connectivity index (χ1n) is 16.9. The molecule has 1 unspecified atom stereocenters. The number of imide groups is 1. The van der Waals surface area contributed by atoms with Crippen LogP contribution in [0.5, 0.6) is 5.75 Å². The fourth-order valence-electron chi connectivity index (χ4n) is 6.71. The maximum atomic E-state index is 14.2. The van der Waals surface area contributed by atoms with Gasteiger partial charge in [0.2, 0.25) is 5.91 Å². The number of esters is 1. The highest BCUT2D eigenvalue weighted by Crippen LogP contribution is 2.47. The molecule has 0 bridgehead atoms. The Morgan fingerprint density at radius 3 is 2.30 bits per heavy atom. The zero-order valence-corrected chi connectivity index (χ0v) is 28.1. The van der Waals surface area contributed by atoms with Gasteiger partial charge in [-0.15, -0.1) is 0 Å². The molecule has 5 rings (SSSR count). The Labute approximate surface area is 278 Å². The minimum atomic E-state index is -0.810. The number of amides is 3. The summed E-state index contributed by atoms with van der Waals surface area (Å²) < 4.78 is 12.5. The Morgan fingerprint density at radius 1 is 0.957 bits per heavy atom. The van der Waals surface area contributed by atoms with Crippen molar-refractivity contribution >= 4 is 17.9 Å². The van der Waals surface area contributed by atoms with Gasteiger partial charge in [-0.3, -0.25) is 14.5 Å². The lowest BCUT2D eigenvalue weighted by Crippen LogP contribution is -2.74. The molecule has 0 radical (unpaired) electrons. The van der Waals surface area contributed by atoms with E-state index in [0.717, 1.165) is 29.7 Å². The van der Waals surface area contributed by atoms with E-state index in [1.807, 2.05) is 113 Å². The molecule has 3 aromatic rings. The van der Waals surface area contributed by atoms with E-state index >= 15 is 0 Å². The number of hydrogen-bond donors (Lipinski definition) is 1. The van der Waals surface area contributed by atoms with E-state index in [1.54, 1.807) is 4.90 Å². The molecule has 2 aliphatic heterocycles. The van der Waals surface area contributed by atoms with Crippen LogP contribution in [0.1, 0.15) is 69.7 Å². The van der Waals surface area contributed by atoms with E-state index < -0.39 is 17.7 Å². The molecule has 47 heavy (non-hydrogen) atoms. The molecule has 2 fully saturated rings. The van der Waals surface area contributed by atoms with Gasteiger partial charge in [-0.25, -0.2) is 9.69 Å². The van der Waals surface area contributed by atoms with Crippen molar-refractivity contribution in [1.82, 2.24) is 20.0 Å². The summed E-state index contributed by atoms with van der Waals surface area (Å²) in [6, 6.07) is 26.3. The smallest absolute Gasteiger partial charge is 0.330 e. The van der Waals surface area contributed by atoms with Crippen LogP contribution in [0.3, 0.4) is 0 Å². The predicted octanol–water partition coefficient (Wildman–Crippen LogP) is 6.15. The van der Waals surface area contributed by atoms with E-state index in [-0.39, 0.29) is 30.6 Å². The summed E-state index contributed by atoms with van der Waals surface area (Å²) in [5.74, 6) is 0.127. The lowest BCUT2D eigenvalue weighted by molar-refractivity contribution is -0.193. The highest BCUT2D eigenvalue weighted by molar-refractivity contribution is 6.03. The van der Waals surface area contributed by atoms with Crippen LogP contribution in [0.15, 0.2) is 84.9 Å². The highest BCUT2D eigenvalue weighted by Gasteiger charge is 2.63. The zero-order chi connectivity index (χ0) is 33.4. The summed E-state index contributed by atoms with van der Waals surface area (Å²) in [5, 5.41) is 3.33. The number of nitrogens with zero attached hydrogens (tertiary/aromatic N) is 3. The van der Waals surface area contributed by atoms with Crippen LogP contribution in [-0.4, -0.2) is 71.1 Å². The molecule has 9 nitrogen and oxygen atoms in total. The third-order valence-corrected chi connectivity index (χ3v) is 9.71. The highest BCUT2D eigenvalue weighted by atomic mass is 16.5. The van der Waals surface area contributed by atoms with Crippen molar-refractivity contribution < 1.29 is 23.9 Å². The van der Waals surface area contributed by atoms with Gasteiger partial charge in [-0.2, -0.15) is 0 Å². The average molecular weight is 641 g/mol. The van der Waals surface area contributed by atoms with Gasteiger partial charge in [0.05, 0.1) is 6.04 Å². The Hall–Kier alpha value is -4.21. The SMILES string of the molecule is CCCN(C(=O)N1C(=O)C(CC)(CC)[C@@H]1Oc1ccccc1CN1CCNCC1C(=O)OCc1ccccc1)[C@H](C)c1ccccc1. The van der Waals surface area contributed by atoms with Gasteiger partial charge in [0.15, 0.2) is 6.23 Å². The minimum Gasteiger partial charge on any atom is -0.468 e. The topological polar surface area (TPSA) is 91.4 Å². The number of likely N-dealkylation sites (tertiary alicyclic amines) is 1. The van der Waals surface area contributed by atoms with E-state index in [9.17, 15) is 14.4 Å². The number of ether oxygens (including phenoxy) is 2. The number of carbonyl (C=O) groups excluding carboxylic acids is 3. The molecule has 3 atom stereocenters. The minimum absolute atomic E-state index is 0.195. The van der Waals surface area contributed by atoms with Crippen molar-refractivity contribution in [3.63, 3.8) is 0 Å². The predicted molar refractivity (Wildman–Crippen MR) is 181 cm³/mol. The molecule has 0 aromatic heterocycles. The average Bonchev–Trinajstić information content (AvgIpc) is 3.11. The number of piperazine rings is 1. The molecule has 0 saturated carbocycles. The van der Waals surface area contributed by atoms with Crippen molar-refractivity contribution in [1.29, 1.82) is 0 Å². The lowest BCUT2D eigenvalue weighted by atomic mass is 9.72. The van der Waals surface area contributed by atoms with Crippen molar-refractivity contribution in [3.8, 4) is 5.75 Å². The Kier molecular flexibility index (Phi) is 11.3. The van der Waals surface area contributed by atoms with Gasteiger partial charge < -0.3 is 19.7 Å². The number of carbonyl (C=O) groups is 3. The summed E-state index contributed by atoms with van der Waals surface area (Å²) >= 11 is 0. The summed E-state index contributed by atoms with van der Waals surface area (Å²) in [5.41, 5.74) is 2.02. The van der Waals surface area contributed by atoms with Crippen LogP contribution >= 0.6 is 0 Å². The van der Waals surface area contributed by atoms with Gasteiger partial charge in [0.1, 0.15) is 23.8 Å². The van der Waals surface area contributed by atoms with Gasteiger partial charge in [0.25, 0.3) is 0 Å². The van der Waals surface area contributed by atoms with Crippen molar-refractivity contribution in [2.45, 2.75) is 78.4 Å². The molecule has 2 saturated heterocycles. The molecule has 3 aromatic carbocycles. The van der Waals surface area contributed by atoms with Crippen molar-refractivity contribution in [2.24, 2.45) is 5.41 Å². The zero-order valence-electron chi connectivity index (χ0n) is 28.1. The van der Waals surface area contributed by atoms with Gasteiger partial charge in [0, 0.05) is 38.3 Å². The number of hydrogen-bond acceptors (Lipinski definition) is 7. The summed E-state index contributed by atoms with van der Waals surface area (Å²) in [7, 11) is 0. The van der Waals surface area contributed by atoms with Crippen LogP contribution in [0.4, 0.5) is 4.79 Å². The molecule has 3 amide bonds.